The predicted molar refractivity (Wildman–Crippen MR) is 139 cm³/mol. The van der Waals surface area contributed by atoms with Crippen molar-refractivity contribution in [1.82, 2.24) is 0 Å². The zero-order chi connectivity index (χ0) is 26.3. The first-order valence-electron chi connectivity index (χ1n) is 11.2. The normalized spacial score (nSPS) is 11.0. The molecule has 0 aromatic heterocycles. The van der Waals surface area contributed by atoms with E-state index in [1.54, 1.807) is 50.2 Å². The van der Waals surface area contributed by atoms with E-state index < -0.39 is 28.4 Å². The molecule has 0 unspecified atom stereocenters. The minimum atomic E-state index is -4.14. The number of nitrogens with zero attached hydrogens (tertiary/aromatic N) is 1. The van der Waals surface area contributed by atoms with Crippen LogP contribution in [0.2, 0.25) is 5.02 Å². The molecule has 3 aromatic rings. The minimum absolute atomic E-state index is 0.0315. The number of ether oxygens (including phenoxy) is 2. The SMILES string of the molecule is CCOC(=O)c1ccc(NC(=O)CN(c2ccccc2OCC)S(=O)(=O)c2ccc(C)cc2)c(Cl)c1. The van der Waals surface area contributed by atoms with Gasteiger partial charge in [0.05, 0.1) is 40.1 Å². The Morgan fingerprint density at radius 1 is 0.972 bits per heavy atom. The molecule has 0 atom stereocenters. The summed E-state index contributed by atoms with van der Waals surface area (Å²) in [5, 5.41) is 2.73. The quantitative estimate of drug-likeness (QED) is 0.368. The number of halogens is 1. The highest BCUT2D eigenvalue weighted by molar-refractivity contribution is 7.92. The van der Waals surface area contributed by atoms with Crippen LogP contribution in [-0.4, -0.2) is 40.1 Å². The molecule has 0 aliphatic rings. The van der Waals surface area contributed by atoms with E-state index in [9.17, 15) is 18.0 Å². The van der Waals surface area contributed by atoms with Crippen LogP contribution in [0.5, 0.6) is 5.75 Å². The van der Waals surface area contributed by atoms with Gasteiger partial charge >= 0.3 is 5.97 Å². The summed E-state index contributed by atoms with van der Waals surface area (Å²) in [4.78, 5) is 25.0. The van der Waals surface area contributed by atoms with Gasteiger partial charge in [-0.1, -0.05) is 41.4 Å². The van der Waals surface area contributed by atoms with E-state index in [1.165, 1.54) is 30.3 Å². The van der Waals surface area contributed by atoms with E-state index in [2.05, 4.69) is 5.32 Å². The van der Waals surface area contributed by atoms with E-state index in [4.69, 9.17) is 21.1 Å². The van der Waals surface area contributed by atoms with Gasteiger partial charge in [0.1, 0.15) is 12.3 Å². The van der Waals surface area contributed by atoms with Gasteiger partial charge in [0.15, 0.2) is 0 Å². The lowest BCUT2D eigenvalue weighted by Gasteiger charge is -2.26. The average molecular weight is 531 g/mol. The number of amides is 1. The summed E-state index contributed by atoms with van der Waals surface area (Å²) in [6, 6.07) is 17.2. The maximum absolute atomic E-state index is 13.6. The van der Waals surface area contributed by atoms with Crippen LogP contribution >= 0.6 is 11.6 Å². The van der Waals surface area contributed by atoms with Gasteiger partial charge in [0, 0.05) is 0 Å². The first-order valence-corrected chi connectivity index (χ1v) is 13.1. The molecule has 1 N–H and O–H groups in total. The van der Waals surface area contributed by atoms with Crippen molar-refractivity contribution in [3.05, 3.63) is 82.9 Å². The Bertz CT molecular complexity index is 1340. The molecule has 190 valence electrons. The molecule has 1 amide bonds. The lowest BCUT2D eigenvalue weighted by molar-refractivity contribution is -0.114. The first-order chi connectivity index (χ1) is 17.2. The monoisotopic (exact) mass is 530 g/mol. The molecule has 3 rings (SSSR count). The van der Waals surface area contributed by atoms with Crippen molar-refractivity contribution in [2.24, 2.45) is 0 Å². The third kappa shape index (κ3) is 6.35. The fourth-order valence-electron chi connectivity index (χ4n) is 3.36. The smallest absolute Gasteiger partial charge is 0.338 e. The zero-order valence-corrected chi connectivity index (χ0v) is 21.7. The third-order valence-corrected chi connectivity index (χ3v) is 7.17. The number of para-hydroxylation sites is 2. The second-order valence-electron chi connectivity index (χ2n) is 7.69. The van der Waals surface area contributed by atoms with Crippen LogP contribution in [-0.2, 0) is 19.6 Å². The number of rotatable bonds is 10. The number of carbonyl (C=O) groups is 2. The molecule has 0 radical (unpaired) electrons. The van der Waals surface area contributed by atoms with Crippen LogP contribution in [0.3, 0.4) is 0 Å². The van der Waals surface area contributed by atoms with Crippen molar-refractivity contribution in [2.45, 2.75) is 25.7 Å². The maximum Gasteiger partial charge on any atom is 0.338 e. The van der Waals surface area contributed by atoms with E-state index in [-0.39, 0.29) is 33.5 Å². The molecule has 36 heavy (non-hydrogen) atoms. The van der Waals surface area contributed by atoms with Crippen LogP contribution in [0.1, 0.15) is 29.8 Å². The number of hydrogen-bond donors (Lipinski definition) is 1. The van der Waals surface area contributed by atoms with Crippen molar-refractivity contribution < 1.29 is 27.5 Å². The fraction of sp³-hybridized carbons (Fsp3) is 0.231. The van der Waals surface area contributed by atoms with Gasteiger partial charge < -0.3 is 14.8 Å². The second kappa shape index (κ2) is 11.9. The van der Waals surface area contributed by atoms with Crippen LogP contribution in [0, 0.1) is 6.92 Å². The number of aryl methyl sites for hydroxylation is 1. The van der Waals surface area contributed by atoms with Gasteiger partial charge in [-0.3, -0.25) is 9.10 Å². The largest absolute Gasteiger partial charge is 0.492 e. The Hall–Kier alpha value is -3.56. The molecular formula is C26H27ClN2O6S. The summed E-state index contributed by atoms with van der Waals surface area (Å²) in [6.07, 6.45) is 0. The van der Waals surface area contributed by atoms with E-state index in [0.717, 1.165) is 9.87 Å². The summed E-state index contributed by atoms with van der Waals surface area (Å²) in [5.74, 6) is -0.858. The highest BCUT2D eigenvalue weighted by Gasteiger charge is 2.29. The molecule has 8 nitrogen and oxygen atoms in total. The molecule has 3 aromatic carbocycles. The van der Waals surface area contributed by atoms with E-state index in [0.29, 0.717) is 12.4 Å². The zero-order valence-electron chi connectivity index (χ0n) is 20.2. The van der Waals surface area contributed by atoms with Gasteiger partial charge in [-0.25, -0.2) is 13.2 Å². The van der Waals surface area contributed by atoms with Crippen molar-refractivity contribution in [2.75, 3.05) is 29.4 Å². The van der Waals surface area contributed by atoms with Crippen molar-refractivity contribution in [3.63, 3.8) is 0 Å². The first kappa shape index (κ1) is 27.0. The Labute approximate surface area is 215 Å². The molecular weight excluding hydrogens is 504 g/mol. The van der Waals surface area contributed by atoms with Crippen LogP contribution < -0.4 is 14.4 Å². The topological polar surface area (TPSA) is 102 Å². The Kier molecular flexibility index (Phi) is 8.95. The average Bonchev–Trinajstić information content (AvgIpc) is 2.85. The summed E-state index contributed by atoms with van der Waals surface area (Å²) in [7, 11) is -4.14. The van der Waals surface area contributed by atoms with Gasteiger partial charge in [-0.05, 0) is 63.2 Å². The van der Waals surface area contributed by atoms with Crippen molar-refractivity contribution in [3.8, 4) is 5.75 Å². The molecule has 10 heteroatoms. The Morgan fingerprint density at radius 3 is 2.31 bits per heavy atom. The number of esters is 1. The molecule has 0 fully saturated rings. The summed E-state index contributed by atoms with van der Waals surface area (Å²) in [5.41, 5.74) is 1.57. The minimum Gasteiger partial charge on any atom is -0.492 e. The number of sulfonamides is 1. The van der Waals surface area contributed by atoms with Crippen molar-refractivity contribution in [1.29, 1.82) is 0 Å². The fourth-order valence-corrected chi connectivity index (χ4v) is 5.02. The summed E-state index contributed by atoms with van der Waals surface area (Å²) in [6.45, 7) is 5.30. The van der Waals surface area contributed by atoms with Gasteiger partial charge in [0.2, 0.25) is 5.91 Å². The lowest BCUT2D eigenvalue weighted by atomic mass is 10.2. The molecule has 0 aliphatic heterocycles. The van der Waals surface area contributed by atoms with Gasteiger partial charge in [0.25, 0.3) is 10.0 Å². The molecule has 0 heterocycles. The van der Waals surface area contributed by atoms with Crippen molar-refractivity contribution >= 4 is 44.9 Å². The second-order valence-corrected chi connectivity index (χ2v) is 9.96. The standard InChI is InChI=1S/C26H27ClN2O6S/c1-4-34-24-9-7-6-8-23(24)29(36(32,33)20-13-10-18(3)11-14-20)17-25(30)28-22-15-12-19(16-21(22)27)26(31)35-5-2/h6-16H,4-5,17H2,1-3H3,(H,28,30). The molecule has 0 bridgehead atoms. The van der Waals surface area contributed by atoms with E-state index in [1.807, 2.05) is 6.92 Å². The van der Waals surface area contributed by atoms with E-state index >= 15 is 0 Å². The highest BCUT2D eigenvalue weighted by atomic mass is 35.5. The molecule has 0 saturated heterocycles. The molecule has 0 saturated carbocycles. The van der Waals surface area contributed by atoms with Crippen LogP contribution in [0.25, 0.3) is 0 Å². The number of hydrogen-bond acceptors (Lipinski definition) is 6. The number of anilines is 2. The summed E-state index contributed by atoms with van der Waals surface area (Å²) < 4.78 is 38.9. The predicted octanol–water partition coefficient (Wildman–Crippen LogP) is 5.06. The van der Waals surface area contributed by atoms with Crippen LogP contribution in [0.4, 0.5) is 11.4 Å². The third-order valence-electron chi connectivity index (χ3n) is 5.08. The van der Waals surface area contributed by atoms with Gasteiger partial charge in [-0.15, -0.1) is 0 Å². The van der Waals surface area contributed by atoms with Gasteiger partial charge in [-0.2, -0.15) is 0 Å². The molecule has 0 spiro atoms. The number of carbonyl (C=O) groups excluding carboxylic acids is 2. The lowest BCUT2D eigenvalue weighted by Crippen LogP contribution is -2.38. The maximum atomic E-state index is 13.6. The number of nitrogens with one attached hydrogen (secondary N) is 1. The Balaban J connectivity index is 1.94. The molecule has 0 aliphatic carbocycles. The highest BCUT2D eigenvalue weighted by Crippen LogP contribution is 2.33. The number of benzene rings is 3. The summed E-state index contributed by atoms with van der Waals surface area (Å²) >= 11 is 6.26. The Morgan fingerprint density at radius 2 is 1.67 bits per heavy atom. The van der Waals surface area contributed by atoms with Crippen LogP contribution in [0.15, 0.2) is 71.6 Å².